The molecule has 2 aromatic carbocycles. The smallest absolute Gasteiger partial charge is 0.342 e. The fraction of sp³-hybridized carbons (Fsp3) is 0.375. The number of benzene rings is 2. The molecule has 2 rings (SSSR count). The monoisotopic (exact) mass is 410 g/mol. The third kappa shape index (κ3) is 6.17. The lowest BCUT2D eigenvalue weighted by Gasteiger charge is -2.34. The Morgan fingerprint density at radius 1 is 0.933 bits per heavy atom. The molecule has 2 aromatic rings. The van der Waals surface area contributed by atoms with Gasteiger partial charge in [0.15, 0.2) is 0 Å². The highest BCUT2D eigenvalue weighted by atomic mass is 16.6. The molecule has 0 saturated heterocycles. The molecule has 0 spiro atoms. The highest BCUT2D eigenvalue weighted by Gasteiger charge is 2.50. The van der Waals surface area contributed by atoms with Gasteiger partial charge < -0.3 is 15.4 Å². The molecule has 0 fully saturated rings. The van der Waals surface area contributed by atoms with E-state index < -0.39 is 28.9 Å². The Bertz CT molecular complexity index is 875. The van der Waals surface area contributed by atoms with Crippen LogP contribution in [0.25, 0.3) is 0 Å². The lowest BCUT2D eigenvalue weighted by molar-refractivity contribution is -0.168. The Balaban J connectivity index is 2.46. The number of hydrogen-bond donors (Lipinski definition) is 2. The Kier molecular flexibility index (Phi) is 7.38. The largest absolute Gasteiger partial charge is 0.458 e. The van der Waals surface area contributed by atoms with Gasteiger partial charge in [0.2, 0.25) is 11.4 Å². The summed E-state index contributed by atoms with van der Waals surface area (Å²) in [5.41, 5.74) is -1.13. The van der Waals surface area contributed by atoms with Crippen LogP contribution in [0.3, 0.4) is 0 Å². The van der Waals surface area contributed by atoms with Crippen LogP contribution in [-0.4, -0.2) is 28.9 Å². The van der Waals surface area contributed by atoms with E-state index in [1.54, 1.807) is 32.9 Å². The molecule has 0 unspecified atom stereocenters. The average Bonchev–Trinajstić information content (AvgIpc) is 2.67. The quantitative estimate of drug-likeness (QED) is 0.542. The predicted octanol–water partition coefficient (Wildman–Crippen LogP) is 3.32. The SMILES string of the molecule is CC(=O)N[C@](Cc1ccccc1)(C(=O)N[C@@H](C)c1ccccc1)C(=O)OC(C)(C)C. The first-order valence-corrected chi connectivity index (χ1v) is 9.95. The van der Waals surface area contributed by atoms with Crippen LogP contribution in [0.15, 0.2) is 60.7 Å². The van der Waals surface area contributed by atoms with Crippen LogP contribution in [0.5, 0.6) is 0 Å². The summed E-state index contributed by atoms with van der Waals surface area (Å²) in [6, 6.07) is 18.1. The third-order valence-corrected chi connectivity index (χ3v) is 4.48. The predicted molar refractivity (Wildman–Crippen MR) is 116 cm³/mol. The number of carbonyl (C=O) groups excluding carboxylic acids is 3. The molecule has 0 aliphatic carbocycles. The van der Waals surface area contributed by atoms with Gasteiger partial charge in [-0.3, -0.25) is 9.59 Å². The summed E-state index contributed by atoms with van der Waals surface area (Å²) in [5.74, 6) is -1.92. The summed E-state index contributed by atoms with van der Waals surface area (Å²) in [6.07, 6.45) is -0.0321. The van der Waals surface area contributed by atoms with Gasteiger partial charge in [-0.25, -0.2) is 4.79 Å². The van der Waals surface area contributed by atoms with Crippen LogP contribution < -0.4 is 10.6 Å². The van der Waals surface area contributed by atoms with E-state index in [0.717, 1.165) is 11.1 Å². The molecule has 30 heavy (non-hydrogen) atoms. The Labute approximate surface area is 178 Å². The maximum Gasteiger partial charge on any atom is 0.342 e. The van der Waals surface area contributed by atoms with E-state index in [4.69, 9.17) is 4.74 Å². The molecule has 0 radical (unpaired) electrons. The fourth-order valence-electron chi connectivity index (χ4n) is 3.11. The van der Waals surface area contributed by atoms with E-state index in [-0.39, 0.29) is 12.5 Å². The van der Waals surface area contributed by atoms with Crippen molar-refractivity contribution in [1.29, 1.82) is 0 Å². The normalized spacial score (nSPS) is 14.2. The summed E-state index contributed by atoms with van der Waals surface area (Å²) in [6.45, 7) is 8.25. The van der Waals surface area contributed by atoms with Crippen molar-refractivity contribution in [1.82, 2.24) is 10.6 Å². The number of carbonyl (C=O) groups is 3. The van der Waals surface area contributed by atoms with Crippen molar-refractivity contribution in [2.45, 2.75) is 58.2 Å². The number of rotatable bonds is 7. The van der Waals surface area contributed by atoms with Crippen LogP contribution in [0, 0.1) is 0 Å². The zero-order chi connectivity index (χ0) is 22.4. The summed E-state index contributed by atoms with van der Waals surface area (Å²) in [4.78, 5) is 38.9. The number of hydrogen-bond acceptors (Lipinski definition) is 4. The molecule has 160 valence electrons. The van der Waals surface area contributed by atoms with Gasteiger partial charge >= 0.3 is 5.97 Å². The zero-order valence-corrected chi connectivity index (χ0v) is 18.2. The van der Waals surface area contributed by atoms with Crippen LogP contribution in [0.1, 0.15) is 51.8 Å². The van der Waals surface area contributed by atoms with Crippen molar-refractivity contribution < 1.29 is 19.1 Å². The van der Waals surface area contributed by atoms with Crippen molar-refractivity contribution in [3.05, 3.63) is 71.8 Å². The minimum atomic E-state index is -1.90. The van der Waals surface area contributed by atoms with E-state index in [9.17, 15) is 14.4 Å². The molecular weight excluding hydrogens is 380 g/mol. The standard InChI is InChI=1S/C24H30N2O4/c1-17(20-14-10-7-11-15-20)25-21(28)24(26-18(2)27,22(29)30-23(3,4)5)16-19-12-8-6-9-13-19/h6-15,17H,16H2,1-5H3,(H,25,28)(H,26,27)/t17-,24+/m0/s1. The Hall–Kier alpha value is -3.15. The fourth-order valence-corrected chi connectivity index (χ4v) is 3.11. The van der Waals surface area contributed by atoms with Gasteiger partial charge in [0.25, 0.3) is 5.91 Å². The van der Waals surface area contributed by atoms with Crippen LogP contribution in [0.4, 0.5) is 0 Å². The maximum atomic E-state index is 13.5. The summed E-state index contributed by atoms with van der Waals surface area (Å²) >= 11 is 0. The number of amides is 2. The van der Waals surface area contributed by atoms with Crippen molar-refractivity contribution in [3.63, 3.8) is 0 Å². The molecule has 6 heteroatoms. The molecule has 0 aliphatic heterocycles. The first-order chi connectivity index (χ1) is 14.0. The topological polar surface area (TPSA) is 84.5 Å². The molecule has 0 aliphatic rings. The lowest BCUT2D eigenvalue weighted by Crippen LogP contribution is -2.66. The third-order valence-electron chi connectivity index (χ3n) is 4.48. The molecule has 2 N–H and O–H groups in total. The van der Waals surface area contributed by atoms with Crippen LogP contribution in [0.2, 0.25) is 0 Å². The van der Waals surface area contributed by atoms with E-state index in [1.807, 2.05) is 55.5 Å². The molecule has 2 atom stereocenters. The Morgan fingerprint density at radius 2 is 1.47 bits per heavy atom. The second-order valence-corrected chi connectivity index (χ2v) is 8.36. The summed E-state index contributed by atoms with van der Waals surface area (Å²) < 4.78 is 5.57. The first-order valence-electron chi connectivity index (χ1n) is 9.95. The molecular formula is C24H30N2O4. The molecule has 6 nitrogen and oxygen atoms in total. The molecule has 2 amide bonds. The van der Waals surface area contributed by atoms with Crippen molar-refractivity contribution in [3.8, 4) is 0 Å². The second-order valence-electron chi connectivity index (χ2n) is 8.36. The summed E-state index contributed by atoms with van der Waals surface area (Å²) in [7, 11) is 0. The molecule has 0 saturated carbocycles. The number of esters is 1. The van der Waals surface area contributed by atoms with Gasteiger partial charge in [-0.2, -0.15) is 0 Å². The summed E-state index contributed by atoms with van der Waals surface area (Å²) in [5, 5.41) is 5.47. The van der Waals surface area contributed by atoms with Crippen molar-refractivity contribution in [2.75, 3.05) is 0 Å². The van der Waals surface area contributed by atoms with Gasteiger partial charge in [0.05, 0.1) is 6.04 Å². The van der Waals surface area contributed by atoms with E-state index in [1.165, 1.54) is 6.92 Å². The van der Waals surface area contributed by atoms with E-state index in [0.29, 0.717) is 0 Å². The zero-order valence-electron chi connectivity index (χ0n) is 18.2. The minimum absolute atomic E-state index is 0.0321. The maximum absolute atomic E-state index is 13.5. The highest BCUT2D eigenvalue weighted by Crippen LogP contribution is 2.22. The van der Waals surface area contributed by atoms with Gasteiger partial charge in [-0.05, 0) is 38.8 Å². The second kappa shape index (κ2) is 9.57. The lowest BCUT2D eigenvalue weighted by atomic mass is 9.88. The minimum Gasteiger partial charge on any atom is -0.458 e. The average molecular weight is 411 g/mol. The van der Waals surface area contributed by atoms with Gasteiger partial charge in [0.1, 0.15) is 5.60 Å². The molecule has 0 heterocycles. The number of ether oxygens (including phenoxy) is 1. The van der Waals surface area contributed by atoms with Crippen LogP contribution in [-0.2, 0) is 25.5 Å². The van der Waals surface area contributed by atoms with E-state index in [2.05, 4.69) is 10.6 Å². The highest BCUT2D eigenvalue weighted by molar-refractivity contribution is 6.10. The van der Waals surface area contributed by atoms with Gasteiger partial charge in [0, 0.05) is 13.3 Å². The Morgan fingerprint density at radius 3 is 1.97 bits per heavy atom. The molecule has 0 bridgehead atoms. The van der Waals surface area contributed by atoms with Crippen molar-refractivity contribution in [2.24, 2.45) is 0 Å². The van der Waals surface area contributed by atoms with Gasteiger partial charge in [-0.1, -0.05) is 60.7 Å². The van der Waals surface area contributed by atoms with Crippen LogP contribution >= 0.6 is 0 Å². The molecule has 0 aromatic heterocycles. The van der Waals surface area contributed by atoms with Crippen molar-refractivity contribution >= 4 is 17.8 Å². The van der Waals surface area contributed by atoms with Gasteiger partial charge in [-0.15, -0.1) is 0 Å². The number of nitrogens with one attached hydrogen (secondary N) is 2. The van der Waals surface area contributed by atoms with E-state index >= 15 is 0 Å². The first kappa shape index (κ1) is 23.1.